The summed E-state index contributed by atoms with van der Waals surface area (Å²) in [5.41, 5.74) is 0.302. The zero-order valence-corrected chi connectivity index (χ0v) is 10.7. The molecular formula is C12H13NO3S. The Bertz CT molecular complexity index is 535. The third-order valence-corrected chi connectivity index (χ3v) is 3.32. The average Bonchev–Trinajstić information content (AvgIpc) is 2.85. The molecule has 90 valence electrons. The molecule has 0 aliphatic heterocycles. The molecule has 0 aliphatic rings. The molecule has 0 saturated heterocycles. The molecule has 2 aromatic heterocycles. The van der Waals surface area contributed by atoms with Gasteiger partial charge in [-0.15, -0.1) is 11.3 Å². The van der Waals surface area contributed by atoms with E-state index in [9.17, 15) is 9.90 Å². The number of hydrogen-bond donors (Lipinski definition) is 1. The lowest BCUT2D eigenvalue weighted by molar-refractivity contribution is 0.0699. The maximum atomic E-state index is 11.2. The lowest BCUT2D eigenvalue weighted by atomic mass is 9.91. The summed E-state index contributed by atoms with van der Waals surface area (Å²) >= 11 is 1.15. The first-order valence-electron chi connectivity index (χ1n) is 5.18. The van der Waals surface area contributed by atoms with Gasteiger partial charge in [-0.1, -0.05) is 20.8 Å². The highest BCUT2D eigenvalue weighted by Crippen LogP contribution is 2.34. The highest BCUT2D eigenvalue weighted by molar-refractivity contribution is 7.17. The van der Waals surface area contributed by atoms with Crippen LogP contribution in [0.4, 0.5) is 0 Å². The van der Waals surface area contributed by atoms with Crippen molar-refractivity contribution in [1.29, 1.82) is 0 Å². The molecule has 0 spiro atoms. The largest absolute Gasteiger partial charge is 0.477 e. The van der Waals surface area contributed by atoms with Gasteiger partial charge < -0.3 is 9.52 Å². The van der Waals surface area contributed by atoms with E-state index in [1.54, 1.807) is 18.4 Å². The van der Waals surface area contributed by atoms with Gasteiger partial charge >= 0.3 is 5.97 Å². The smallest absolute Gasteiger partial charge is 0.347 e. The number of furan rings is 1. The van der Waals surface area contributed by atoms with Gasteiger partial charge in [-0.2, -0.15) is 0 Å². The van der Waals surface area contributed by atoms with E-state index >= 15 is 0 Å². The standard InChI is InChI=1S/C12H13NO3S/c1-12(2,3)9-8(11(14)15)17-10(13-9)7-5-4-6-16-7/h4-6H,1-3H3,(H,14,15). The van der Waals surface area contributed by atoms with E-state index in [1.165, 1.54) is 0 Å². The number of aromatic carboxylic acids is 1. The number of carboxylic acid groups (broad SMARTS) is 1. The molecule has 5 heteroatoms. The van der Waals surface area contributed by atoms with E-state index < -0.39 is 5.97 Å². The first kappa shape index (κ1) is 11.9. The van der Waals surface area contributed by atoms with Crippen LogP contribution >= 0.6 is 11.3 Å². The lowest BCUT2D eigenvalue weighted by Gasteiger charge is -2.15. The summed E-state index contributed by atoms with van der Waals surface area (Å²) in [6, 6.07) is 3.53. The predicted molar refractivity (Wildman–Crippen MR) is 65.5 cm³/mol. The van der Waals surface area contributed by atoms with Gasteiger partial charge in [-0.05, 0) is 12.1 Å². The molecule has 0 aromatic carbocycles. The quantitative estimate of drug-likeness (QED) is 0.888. The molecule has 0 aliphatic carbocycles. The molecular weight excluding hydrogens is 238 g/mol. The van der Waals surface area contributed by atoms with Crippen molar-refractivity contribution < 1.29 is 14.3 Å². The molecule has 4 nitrogen and oxygen atoms in total. The van der Waals surface area contributed by atoms with E-state index in [-0.39, 0.29) is 10.3 Å². The number of rotatable bonds is 2. The van der Waals surface area contributed by atoms with Gasteiger partial charge in [0.25, 0.3) is 0 Å². The van der Waals surface area contributed by atoms with Gasteiger partial charge in [0.05, 0.1) is 12.0 Å². The number of aromatic nitrogens is 1. The Balaban J connectivity index is 2.56. The molecule has 0 saturated carbocycles. The van der Waals surface area contributed by atoms with Crippen molar-refractivity contribution in [3.8, 4) is 10.8 Å². The minimum absolute atomic E-state index is 0.281. The Hall–Kier alpha value is -1.62. The molecule has 2 rings (SSSR count). The second-order valence-electron chi connectivity index (χ2n) is 4.73. The number of carbonyl (C=O) groups is 1. The van der Waals surface area contributed by atoms with Crippen LogP contribution in [-0.2, 0) is 5.41 Å². The topological polar surface area (TPSA) is 63.3 Å². The molecule has 0 radical (unpaired) electrons. The van der Waals surface area contributed by atoms with E-state index in [0.29, 0.717) is 16.5 Å². The highest BCUT2D eigenvalue weighted by atomic mass is 32.1. The zero-order chi connectivity index (χ0) is 12.6. The van der Waals surface area contributed by atoms with E-state index in [0.717, 1.165) is 11.3 Å². The van der Waals surface area contributed by atoms with E-state index in [1.807, 2.05) is 20.8 Å². The highest BCUT2D eigenvalue weighted by Gasteiger charge is 2.27. The summed E-state index contributed by atoms with van der Waals surface area (Å²) in [6.07, 6.45) is 1.55. The van der Waals surface area contributed by atoms with E-state index in [4.69, 9.17) is 4.42 Å². The van der Waals surface area contributed by atoms with Crippen LogP contribution in [0.25, 0.3) is 10.8 Å². The number of thiazole rings is 1. The zero-order valence-electron chi connectivity index (χ0n) is 9.85. The van der Waals surface area contributed by atoms with Crippen LogP contribution in [0.1, 0.15) is 36.1 Å². The first-order chi connectivity index (χ1) is 7.89. The fraction of sp³-hybridized carbons (Fsp3) is 0.333. The van der Waals surface area contributed by atoms with Crippen molar-refractivity contribution in [2.24, 2.45) is 0 Å². The summed E-state index contributed by atoms with van der Waals surface area (Å²) < 4.78 is 5.24. The second kappa shape index (κ2) is 4.00. The number of nitrogens with zero attached hydrogens (tertiary/aromatic N) is 1. The summed E-state index contributed by atoms with van der Waals surface area (Å²) in [5.74, 6) is -0.335. The maximum Gasteiger partial charge on any atom is 0.347 e. The molecule has 0 bridgehead atoms. The fourth-order valence-corrected chi connectivity index (χ4v) is 2.56. The Morgan fingerprint density at radius 2 is 2.18 bits per heavy atom. The fourth-order valence-electron chi connectivity index (χ4n) is 1.48. The second-order valence-corrected chi connectivity index (χ2v) is 5.73. The van der Waals surface area contributed by atoms with Crippen LogP contribution < -0.4 is 0 Å². The summed E-state index contributed by atoms with van der Waals surface area (Å²) in [5, 5.41) is 9.79. The summed E-state index contributed by atoms with van der Waals surface area (Å²) in [4.78, 5) is 15.9. The average molecular weight is 251 g/mol. The summed E-state index contributed by atoms with van der Waals surface area (Å²) in [6.45, 7) is 5.83. The molecule has 17 heavy (non-hydrogen) atoms. The Morgan fingerprint density at radius 3 is 2.59 bits per heavy atom. The monoisotopic (exact) mass is 251 g/mol. The van der Waals surface area contributed by atoms with Gasteiger partial charge in [-0.3, -0.25) is 0 Å². The van der Waals surface area contributed by atoms with Crippen molar-refractivity contribution in [3.63, 3.8) is 0 Å². The van der Waals surface area contributed by atoms with Gasteiger partial charge in [0, 0.05) is 5.41 Å². The van der Waals surface area contributed by atoms with Gasteiger partial charge in [0.2, 0.25) is 0 Å². The van der Waals surface area contributed by atoms with Crippen LogP contribution in [0.15, 0.2) is 22.8 Å². The molecule has 0 amide bonds. The molecule has 2 heterocycles. The Morgan fingerprint density at radius 1 is 1.47 bits per heavy atom. The summed E-state index contributed by atoms with van der Waals surface area (Å²) in [7, 11) is 0. The van der Waals surface area contributed by atoms with Crippen LogP contribution in [0.5, 0.6) is 0 Å². The van der Waals surface area contributed by atoms with Crippen molar-refractivity contribution in [1.82, 2.24) is 4.98 Å². The van der Waals surface area contributed by atoms with E-state index in [2.05, 4.69) is 4.98 Å². The molecule has 0 unspecified atom stereocenters. The molecule has 1 N–H and O–H groups in total. The molecule has 0 fully saturated rings. The van der Waals surface area contributed by atoms with Gasteiger partial charge in [0.1, 0.15) is 4.88 Å². The van der Waals surface area contributed by atoms with Crippen molar-refractivity contribution in [2.75, 3.05) is 0 Å². The number of hydrogen-bond acceptors (Lipinski definition) is 4. The minimum Gasteiger partial charge on any atom is -0.477 e. The molecule has 2 aromatic rings. The normalized spacial score (nSPS) is 11.7. The van der Waals surface area contributed by atoms with Gasteiger partial charge in [0.15, 0.2) is 10.8 Å². The lowest BCUT2D eigenvalue weighted by Crippen LogP contribution is -2.16. The third kappa shape index (κ3) is 2.24. The van der Waals surface area contributed by atoms with Crippen LogP contribution in [0.3, 0.4) is 0 Å². The third-order valence-electron chi connectivity index (χ3n) is 2.26. The first-order valence-corrected chi connectivity index (χ1v) is 5.99. The van der Waals surface area contributed by atoms with Gasteiger partial charge in [-0.25, -0.2) is 9.78 Å². The van der Waals surface area contributed by atoms with Crippen molar-refractivity contribution >= 4 is 17.3 Å². The van der Waals surface area contributed by atoms with Crippen LogP contribution in [0.2, 0.25) is 0 Å². The predicted octanol–water partition coefficient (Wildman–Crippen LogP) is 3.40. The Labute approximate surface area is 103 Å². The van der Waals surface area contributed by atoms with Crippen molar-refractivity contribution in [2.45, 2.75) is 26.2 Å². The maximum absolute atomic E-state index is 11.2. The van der Waals surface area contributed by atoms with Crippen LogP contribution in [-0.4, -0.2) is 16.1 Å². The van der Waals surface area contributed by atoms with Crippen LogP contribution in [0, 0.1) is 0 Å². The Kier molecular flexibility index (Phi) is 2.79. The van der Waals surface area contributed by atoms with Crippen molar-refractivity contribution in [3.05, 3.63) is 29.0 Å². The SMILES string of the molecule is CC(C)(C)c1nc(-c2ccco2)sc1C(=O)O. The number of carboxylic acids is 1. The minimum atomic E-state index is -0.940. The molecule has 0 atom stereocenters.